The largest absolute Gasteiger partial charge is 0.394 e. The molecule has 0 aliphatic carbocycles. The zero-order valence-electron chi connectivity index (χ0n) is 25.4. The van der Waals surface area contributed by atoms with E-state index in [2.05, 4.69) is 31.3 Å². The summed E-state index contributed by atoms with van der Waals surface area (Å²) in [6.07, 6.45) is 36.7. The van der Waals surface area contributed by atoms with Gasteiger partial charge in [0.2, 0.25) is 5.91 Å². The first-order valence-corrected chi connectivity index (χ1v) is 16.6. The molecule has 2 atom stereocenters. The number of carbonyl (C=O) groups excluding carboxylic acids is 1. The molecule has 0 aromatic carbocycles. The van der Waals surface area contributed by atoms with E-state index < -0.39 is 12.1 Å². The Morgan fingerprint density at radius 2 is 1.00 bits per heavy atom. The second kappa shape index (κ2) is 30.4. The van der Waals surface area contributed by atoms with Crippen molar-refractivity contribution in [3.8, 4) is 0 Å². The van der Waals surface area contributed by atoms with Crippen molar-refractivity contribution >= 4 is 5.91 Å². The molecule has 0 bridgehead atoms. The average Bonchev–Trinajstić information content (AvgIpc) is 2.92. The third-order valence-electron chi connectivity index (χ3n) is 7.43. The highest BCUT2D eigenvalue weighted by Crippen LogP contribution is 2.13. The molecule has 0 aliphatic heterocycles. The Morgan fingerprint density at radius 3 is 1.47 bits per heavy atom. The van der Waals surface area contributed by atoms with Crippen molar-refractivity contribution in [3.63, 3.8) is 0 Å². The SMILES string of the molecule is CCCCCC/C=C/CCCCC/C=C/C(O)C(CO)NC(=O)CCCCCCCCCCCCCCC. The maximum absolute atomic E-state index is 12.2. The average molecular weight is 536 g/mol. The van der Waals surface area contributed by atoms with Gasteiger partial charge in [0, 0.05) is 6.42 Å². The van der Waals surface area contributed by atoms with E-state index in [9.17, 15) is 15.0 Å². The Labute approximate surface area is 237 Å². The van der Waals surface area contributed by atoms with E-state index in [1.807, 2.05) is 6.08 Å². The van der Waals surface area contributed by atoms with Gasteiger partial charge in [-0.3, -0.25) is 4.79 Å². The Bertz CT molecular complexity index is 546. The molecule has 0 radical (unpaired) electrons. The number of carbonyl (C=O) groups is 1. The zero-order chi connectivity index (χ0) is 27.9. The predicted molar refractivity (Wildman–Crippen MR) is 165 cm³/mol. The lowest BCUT2D eigenvalue weighted by molar-refractivity contribution is -0.123. The van der Waals surface area contributed by atoms with Gasteiger partial charge in [0.1, 0.15) is 0 Å². The molecular weight excluding hydrogens is 470 g/mol. The van der Waals surface area contributed by atoms with Gasteiger partial charge in [0.05, 0.1) is 18.8 Å². The number of rotatable bonds is 29. The van der Waals surface area contributed by atoms with E-state index in [0.29, 0.717) is 6.42 Å². The summed E-state index contributed by atoms with van der Waals surface area (Å²) in [6, 6.07) is -0.622. The van der Waals surface area contributed by atoms with Gasteiger partial charge in [0.15, 0.2) is 0 Å². The van der Waals surface area contributed by atoms with Crippen LogP contribution in [0.4, 0.5) is 0 Å². The number of nitrogens with one attached hydrogen (secondary N) is 1. The number of aliphatic hydroxyl groups is 2. The highest BCUT2D eigenvalue weighted by Gasteiger charge is 2.17. The summed E-state index contributed by atoms with van der Waals surface area (Å²) in [5.74, 6) is -0.0713. The van der Waals surface area contributed by atoms with Crippen LogP contribution < -0.4 is 5.32 Å². The standard InChI is InChI=1S/C34H65NO3/c1-3-5-7-9-11-13-15-17-19-21-23-25-27-29-33(37)32(31-36)35-34(38)30-28-26-24-22-20-18-16-14-12-10-8-6-4-2/h13,15,27,29,32-33,36-37H,3-12,14,16-26,28,30-31H2,1-2H3,(H,35,38)/b15-13+,29-27+. The van der Waals surface area contributed by atoms with Crippen molar-refractivity contribution in [2.45, 2.75) is 180 Å². The first-order chi connectivity index (χ1) is 18.7. The van der Waals surface area contributed by atoms with Gasteiger partial charge in [-0.25, -0.2) is 0 Å². The third kappa shape index (κ3) is 26.5. The van der Waals surface area contributed by atoms with Crippen LogP contribution in [0.3, 0.4) is 0 Å². The highest BCUT2D eigenvalue weighted by atomic mass is 16.3. The zero-order valence-corrected chi connectivity index (χ0v) is 25.4. The van der Waals surface area contributed by atoms with Gasteiger partial charge >= 0.3 is 0 Å². The molecular formula is C34H65NO3. The van der Waals surface area contributed by atoms with Crippen LogP contribution in [-0.2, 0) is 4.79 Å². The summed E-state index contributed by atoms with van der Waals surface area (Å²) in [4.78, 5) is 12.2. The van der Waals surface area contributed by atoms with Crippen LogP contribution in [0.5, 0.6) is 0 Å². The van der Waals surface area contributed by atoms with Crippen LogP contribution >= 0.6 is 0 Å². The Kier molecular flexibility index (Phi) is 29.5. The van der Waals surface area contributed by atoms with Gasteiger partial charge in [-0.1, -0.05) is 141 Å². The molecule has 1 amide bonds. The third-order valence-corrected chi connectivity index (χ3v) is 7.43. The molecule has 0 saturated heterocycles. The molecule has 3 N–H and O–H groups in total. The van der Waals surface area contributed by atoms with Crippen LogP contribution in [0, 0.1) is 0 Å². The summed E-state index contributed by atoms with van der Waals surface area (Å²) >= 11 is 0. The second-order valence-electron chi connectivity index (χ2n) is 11.2. The number of hydrogen-bond acceptors (Lipinski definition) is 3. The minimum Gasteiger partial charge on any atom is -0.394 e. The van der Waals surface area contributed by atoms with E-state index in [0.717, 1.165) is 32.1 Å². The normalized spacial score (nSPS) is 13.5. The molecule has 0 rings (SSSR count). The number of unbranched alkanes of at least 4 members (excludes halogenated alkanes) is 20. The molecule has 0 saturated carbocycles. The molecule has 0 aromatic heterocycles. The Morgan fingerprint density at radius 1 is 0.605 bits per heavy atom. The molecule has 2 unspecified atom stereocenters. The summed E-state index contributed by atoms with van der Waals surface area (Å²) in [5, 5.41) is 22.8. The van der Waals surface area contributed by atoms with E-state index >= 15 is 0 Å². The van der Waals surface area contributed by atoms with Crippen molar-refractivity contribution < 1.29 is 15.0 Å². The van der Waals surface area contributed by atoms with Crippen molar-refractivity contribution in [2.24, 2.45) is 0 Å². The van der Waals surface area contributed by atoms with E-state index in [1.165, 1.54) is 116 Å². The van der Waals surface area contributed by atoms with Crippen LogP contribution in [0.25, 0.3) is 0 Å². The smallest absolute Gasteiger partial charge is 0.220 e. The molecule has 4 heteroatoms. The van der Waals surface area contributed by atoms with Gasteiger partial charge in [0.25, 0.3) is 0 Å². The highest BCUT2D eigenvalue weighted by molar-refractivity contribution is 5.76. The fourth-order valence-corrected chi connectivity index (χ4v) is 4.82. The minimum absolute atomic E-state index is 0.0713. The first kappa shape index (κ1) is 36.9. The fourth-order valence-electron chi connectivity index (χ4n) is 4.82. The molecule has 224 valence electrons. The summed E-state index contributed by atoms with van der Waals surface area (Å²) in [7, 11) is 0. The van der Waals surface area contributed by atoms with Crippen LogP contribution in [0.15, 0.2) is 24.3 Å². The lowest BCUT2D eigenvalue weighted by Crippen LogP contribution is -2.45. The van der Waals surface area contributed by atoms with Gasteiger partial charge in [-0.05, 0) is 44.9 Å². The molecule has 0 fully saturated rings. The number of amides is 1. The lowest BCUT2D eigenvalue weighted by atomic mass is 10.0. The van der Waals surface area contributed by atoms with E-state index in [1.54, 1.807) is 6.08 Å². The van der Waals surface area contributed by atoms with Gasteiger partial charge < -0.3 is 15.5 Å². The van der Waals surface area contributed by atoms with Gasteiger partial charge in [-0.15, -0.1) is 0 Å². The van der Waals surface area contributed by atoms with Crippen LogP contribution in [0.1, 0.15) is 168 Å². The Balaban J connectivity index is 3.68. The predicted octanol–water partition coefficient (Wildman–Crippen LogP) is 9.34. The van der Waals surface area contributed by atoms with Gasteiger partial charge in [-0.2, -0.15) is 0 Å². The second-order valence-corrected chi connectivity index (χ2v) is 11.2. The number of hydrogen-bond donors (Lipinski definition) is 3. The monoisotopic (exact) mass is 535 g/mol. The van der Waals surface area contributed by atoms with Crippen LogP contribution in [-0.4, -0.2) is 34.9 Å². The van der Waals surface area contributed by atoms with E-state index in [-0.39, 0.29) is 12.5 Å². The lowest BCUT2D eigenvalue weighted by Gasteiger charge is -2.20. The molecule has 38 heavy (non-hydrogen) atoms. The Hall–Kier alpha value is -1.13. The fraction of sp³-hybridized carbons (Fsp3) is 0.853. The summed E-state index contributed by atoms with van der Waals surface area (Å²) in [6.45, 7) is 4.26. The molecule has 0 spiro atoms. The maximum Gasteiger partial charge on any atom is 0.220 e. The topological polar surface area (TPSA) is 69.6 Å². The van der Waals surface area contributed by atoms with Crippen molar-refractivity contribution in [3.05, 3.63) is 24.3 Å². The van der Waals surface area contributed by atoms with Crippen molar-refractivity contribution in [1.29, 1.82) is 0 Å². The number of aliphatic hydroxyl groups excluding tert-OH is 2. The molecule has 4 nitrogen and oxygen atoms in total. The van der Waals surface area contributed by atoms with E-state index in [4.69, 9.17) is 0 Å². The molecule has 0 aromatic rings. The molecule has 0 aliphatic rings. The maximum atomic E-state index is 12.2. The molecule has 0 heterocycles. The quantitative estimate of drug-likeness (QED) is 0.0660. The first-order valence-electron chi connectivity index (χ1n) is 16.6. The van der Waals surface area contributed by atoms with Crippen LogP contribution in [0.2, 0.25) is 0 Å². The van der Waals surface area contributed by atoms with Crippen molar-refractivity contribution in [2.75, 3.05) is 6.61 Å². The minimum atomic E-state index is -0.841. The summed E-state index contributed by atoms with van der Waals surface area (Å²) in [5.41, 5.74) is 0. The summed E-state index contributed by atoms with van der Waals surface area (Å²) < 4.78 is 0. The van der Waals surface area contributed by atoms with Crippen molar-refractivity contribution in [1.82, 2.24) is 5.32 Å². The number of allylic oxidation sites excluding steroid dienone is 3.